The predicted molar refractivity (Wildman–Crippen MR) is 129 cm³/mol. The molecule has 3 atom stereocenters. The second-order valence-corrected chi connectivity index (χ2v) is 8.80. The lowest BCUT2D eigenvalue weighted by molar-refractivity contribution is -0.569. The summed E-state index contributed by atoms with van der Waals surface area (Å²) in [7, 11) is 0. The zero-order valence-electron chi connectivity index (χ0n) is 18.9. The molecule has 1 aromatic carbocycles. The number of halogens is 1. The lowest BCUT2D eigenvalue weighted by atomic mass is 9.73. The van der Waals surface area contributed by atoms with Crippen LogP contribution in [0.5, 0.6) is 0 Å². The van der Waals surface area contributed by atoms with Crippen LogP contribution in [0.4, 0.5) is 5.69 Å². The average Bonchev–Trinajstić information content (AvgIpc) is 2.85. The Hall–Kier alpha value is -3.60. The molecule has 2 heterocycles. The number of carbonyl (C=O) groups excluding carboxylic acids is 2. The summed E-state index contributed by atoms with van der Waals surface area (Å²) in [5, 5.41) is 18.5. The van der Waals surface area contributed by atoms with Crippen LogP contribution in [0.2, 0.25) is 0 Å². The molecule has 0 bridgehead atoms. The molecule has 1 fully saturated rings. The van der Waals surface area contributed by atoms with E-state index >= 15 is 0 Å². The second kappa shape index (κ2) is 9.95. The first-order valence-corrected chi connectivity index (χ1v) is 11.3. The van der Waals surface area contributed by atoms with Gasteiger partial charge in [-0.15, -0.1) is 0 Å². The Morgan fingerprint density at radius 3 is 2.83 bits per heavy atom. The summed E-state index contributed by atoms with van der Waals surface area (Å²) in [6, 6.07) is 7.99. The molecule has 2 aromatic rings. The molecular formula is C24H24ClN5O5. The zero-order valence-corrected chi connectivity index (χ0v) is 19.6. The highest BCUT2D eigenvalue weighted by Gasteiger charge is 2.54. The molecule has 0 radical (unpaired) electrons. The van der Waals surface area contributed by atoms with Gasteiger partial charge in [-0.25, -0.2) is 0 Å². The lowest BCUT2D eigenvalue weighted by Gasteiger charge is -2.31. The van der Waals surface area contributed by atoms with Gasteiger partial charge in [-0.3, -0.25) is 24.7 Å². The number of aromatic nitrogens is 1. The van der Waals surface area contributed by atoms with E-state index in [-0.39, 0.29) is 16.7 Å². The van der Waals surface area contributed by atoms with Gasteiger partial charge >= 0.3 is 0 Å². The third-order valence-electron chi connectivity index (χ3n) is 6.13. The Kier molecular flexibility index (Phi) is 6.97. The van der Waals surface area contributed by atoms with Crippen molar-refractivity contribution < 1.29 is 19.2 Å². The third-order valence-corrected chi connectivity index (χ3v) is 6.38. The van der Waals surface area contributed by atoms with E-state index in [9.17, 15) is 19.7 Å². The second-order valence-electron chi connectivity index (χ2n) is 8.36. The number of aryl methyl sites for hydroxylation is 1. The molecule has 1 saturated heterocycles. The molecule has 0 saturated carbocycles. The summed E-state index contributed by atoms with van der Waals surface area (Å²) in [5.74, 6) is -2.62. The van der Waals surface area contributed by atoms with Gasteiger partial charge in [0, 0.05) is 46.1 Å². The molecule has 35 heavy (non-hydrogen) atoms. The SMILES string of the molecule is Cc1ccc(NC(=O)c2ccnc(C3CNCCO3)c2)cc1C1([N+](=O)[O-])C=CC(Cl)=CC1C(N)=O. The van der Waals surface area contributed by atoms with Crippen LogP contribution in [0, 0.1) is 23.0 Å². The minimum Gasteiger partial charge on any atom is -0.369 e. The number of nitrogens with two attached hydrogens (primary N) is 1. The van der Waals surface area contributed by atoms with E-state index in [1.807, 2.05) is 0 Å². The Morgan fingerprint density at radius 2 is 2.14 bits per heavy atom. The minimum atomic E-state index is -1.97. The number of hydrogen-bond acceptors (Lipinski definition) is 7. The zero-order chi connectivity index (χ0) is 25.2. The molecule has 0 spiro atoms. The van der Waals surface area contributed by atoms with E-state index in [1.54, 1.807) is 31.2 Å². The van der Waals surface area contributed by atoms with Crippen LogP contribution in [0.3, 0.4) is 0 Å². The van der Waals surface area contributed by atoms with Gasteiger partial charge in [0.05, 0.1) is 12.3 Å². The number of ether oxygens (including phenoxy) is 1. The minimum absolute atomic E-state index is 0.180. The summed E-state index contributed by atoms with van der Waals surface area (Å²) in [6.45, 7) is 3.58. The van der Waals surface area contributed by atoms with Crippen molar-refractivity contribution in [1.82, 2.24) is 10.3 Å². The largest absolute Gasteiger partial charge is 0.369 e. The van der Waals surface area contributed by atoms with Crippen LogP contribution in [0.25, 0.3) is 0 Å². The number of allylic oxidation sites excluding steroid dienone is 2. The molecule has 1 aliphatic heterocycles. The summed E-state index contributed by atoms with van der Waals surface area (Å²) in [4.78, 5) is 41.3. The lowest BCUT2D eigenvalue weighted by Crippen LogP contribution is -2.48. The molecule has 4 N–H and O–H groups in total. The fraction of sp³-hybridized carbons (Fsp3) is 0.292. The molecular weight excluding hydrogens is 474 g/mol. The van der Waals surface area contributed by atoms with E-state index in [4.69, 9.17) is 22.1 Å². The highest BCUT2D eigenvalue weighted by molar-refractivity contribution is 6.31. The number of benzene rings is 1. The first-order chi connectivity index (χ1) is 16.7. The van der Waals surface area contributed by atoms with Crippen molar-refractivity contribution in [3.63, 3.8) is 0 Å². The normalized spacial score (nSPS) is 23.9. The molecule has 11 heteroatoms. The number of carbonyl (C=O) groups is 2. The van der Waals surface area contributed by atoms with Crippen LogP contribution in [-0.2, 0) is 15.1 Å². The number of rotatable bonds is 6. The van der Waals surface area contributed by atoms with E-state index < -0.39 is 28.2 Å². The standard InChI is InChI=1S/C24H24ClN5O5/c1-14-2-3-17(12-18(14)24(30(33)34)6-4-16(25)11-19(24)22(26)31)29-23(32)15-5-7-28-20(10-15)21-13-27-8-9-35-21/h2-7,10-12,19,21,27H,8-9,13H2,1H3,(H2,26,31)(H,29,32). The number of primary amides is 1. The van der Waals surface area contributed by atoms with Crippen molar-refractivity contribution in [1.29, 1.82) is 0 Å². The van der Waals surface area contributed by atoms with Crippen molar-refractivity contribution in [3.05, 3.63) is 92.3 Å². The molecule has 2 aliphatic rings. The van der Waals surface area contributed by atoms with Gasteiger partial charge in [-0.05, 0) is 55.0 Å². The molecule has 1 aromatic heterocycles. The van der Waals surface area contributed by atoms with Gasteiger partial charge in [0.1, 0.15) is 12.0 Å². The maximum absolute atomic E-state index is 13.0. The Balaban J connectivity index is 1.66. The number of hydrogen-bond donors (Lipinski definition) is 3. The van der Waals surface area contributed by atoms with E-state index in [0.29, 0.717) is 35.7 Å². The Morgan fingerprint density at radius 1 is 1.34 bits per heavy atom. The topological polar surface area (TPSA) is 149 Å². The number of amides is 2. The molecule has 182 valence electrons. The third kappa shape index (κ3) is 4.81. The van der Waals surface area contributed by atoms with E-state index in [2.05, 4.69) is 15.6 Å². The van der Waals surface area contributed by atoms with E-state index in [0.717, 1.165) is 6.54 Å². The van der Waals surface area contributed by atoms with Crippen LogP contribution in [0.15, 0.2) is 59.8 Å². The summed E-state index contributed by atoms with van der Waals surface area (Å²) < 4.78 is 5.70. The first kappa shape index (κ1) is 24.5. The van der Waals surface area contributed by atoms with Crippen molar-refractivity contribution in [2.75, 3.05) is 25.0 Å². The van der Waals surface area contributed by atoms with Crippen LogP contribution in [0.1, 0.15) is 33.3 Å². The monoisotopic (exact) mass is 497 g/mol. The number of nitrogens with zero attached hydrogens (tertiary/aromatic N) is 2. The molecule has 4 rings (SSSR count). The van der Waals surface area contributed by atoms with Gasteiger partial charge in [-0.2, -0.15) is 0 Å². The highest BCUT2D eigenvalue weighted by Crippen LogP contribution is 2.42. The van der Waals surface area contributed by atoms with Gasteiger partial charge < -0.3 is 21.1 Å². The Bertz CT molecular complexity index is 1240. The van der Waals surface area contributed by atoms with Crippen LogP contribution in [-0.4, -0.2) is 41.4 Å². The van der Waals surface area contributed by atoms with Crippen molar-refractivity contribution >= 4 is 29.1 Å². The maximum Gasteiger partial charge on any atom is 0.280 e. The smallest absolute Gasteiger partial charge is 0.280 e. The van der Waals surface area contributed by atoms with Gasteiger partial charge in [0.15, 0.2) is 0 Å². The van der Waals surface area contributed by atoms with Gasteiger partial charge in [0.25, 0.3) is 11.4 Å². The number of nitrogens with one attached hydrogen (secondary N) is 2. The number of nitro groups is 1. The fourth-order valence-electron chi connectivity index (χ4n) is 4.34. The highest BCUT2D eigenvalue weighted by atomic mass is 35.5. The average molecular weight is 498 g/mol. The van der Waals surface area contributed by atoms with Gasteiger partial charge in [0.2, 0.25) is 5.91 Å². The van der Waals surface area contributed by atoms with Crippen LogP contribution >= 0.6 is 11.6 Å². The summed E-state index contributed by atoms with van der Waals surface area (Å²) in [6.07, 6.45) is 5.19. The molecule has 10 nitrogen and oxygen atoms in total. The number of morpholine rings is 1. The summed E-state index contributed by atoms with van der Waals surface area (Å²) in [5.41, 5.74) is 5.64. The summed E-state index contributed by atoms with van der Waals surface area (Å²) >= 11 is 6.02. The molecule has 2 amide bonds. The molecule has 3 unspecified atom stereocenters. The van der Waals surface area contributed by atoms with E-state index in [1.165, 1.54) is 30.5 Å². The maximum atomic E-state index is 13.0. The Labute approximate surface area is 206 Å². The first-order valence-electron chi connectivity index (χ1n) is 10.9. The number of pyridine rings is 1. The van der Waals surface area contributed by atoms with Crippen molar-refractivity contribution in [2.24, 2.45) is 11.7 Å². The van der Waals surface area contributed by atoms with Crippen LogP contribution < -0.4 is 16.4 Å². The van der Waals surface area contributed by atoms with Crippen molar-refractivity contribution in [3.8, 4) is 0 Å². The van der Waals surface area contributed by atoms with Crippen molar-refractivity contribution in [2.45, 2.75) is 18.6 Å². The predicted octanol–water partition coefficient (Wildman–Crippen LogP) is 2.57. The number of anilines is 1. The molecule has 1 aliphatic carbocycles. The quantitative estimate of drug-likeness (QED) is 0.410. The van der Waals surface area contributed by atoms with Gasteiger partial charge in [-0.1, -0.05) is 17.7 Å². The fourth-order valence-corrected chi connectivity index (χ4v) is 4.53.